The first-order valence-electron chi connectivity index (χ1n) is 4.84. The maximum Gasteiger partial charge on any atom is -0.0242 e. The van der Waals surface area contributed by atoms with Crippen molar-refractivity contribution in [1.82, 2.24) is 0 Å². The van der Waals surface area contributed by atoms with Gasteiger partial charge >= 0.3 is 0 Å². The molecule has 0 bridgehead atoms. The Balaban J connectivity index is 0.000000845. The fraction of sp³-hybridized carbons (Fsp3) is 0.571. The second kappa shape index (κ2) is 5.19. The fourth-order valence-electron chi connectivity index (χ4n) is 2.06. The molecule has 0 heterocycles. The quantitative estimate of drug-likeness (QED) is 0.621. The number of benzene rings is 1. The van der Waals surface area contributed by atoms with Crippen molar-refractivity contribution in [1.29, 1.82) is 0 Å². The van der Waals surface area contributed by atoms with Gasteiger partial charge in [0.25, 0.3) is 0 Å². The highest BCUT2D eigenvalue weighted by molar-refractivity contribution is 5.32. The van der Waals surface area contributed by atoms with Crippen LogP contribution in [0.3, 0.4) is 0 Å². The molecule has 1 aromatic carbocycles. The third-order valence-electron chi connectivity index (χ3n) is 3.03. The Morgan fingerprint density at radius 2 is 1.43 bits per heavy atom. The van der Waals surface area contributed by atoms with E-state index in [2.05, 4.69) is 38.1 Å². The maximum absolute atomic E-state index is 2.33. The first kappa shape index (κ1) is 13.2. The summed E-state index contributed by atoms with van der Waals surface area (Å²) in [5.41, 5.74) is 3.16. The highest BCUT2D eigenvalue weighted by Gasteiger charge is 2.22. The molecular weight excluding hydrogens is 168 g/mol. The zero-order valence-electron chi connectivity index (χ0n) is 7.88. The normalized spacial score (nSPS) is 14.5. The average Bonchev–Trinajstić information content (AvgIpc) is 2.46. The number of hydrogen-bond acceptors (Lipinski definition) is 0. The lowest BCUT2D eigenvalue weighted by Gasteiger charge is -2.12. The van der Waals surface area contributed by atoms with Gasteiger partial charge in [-0.1, -0.05) is 53.0 Å². The lowest BCUT2D eigenvalue weighted by atomic mass is 9.93. The SMILES string of the molecule is C.C.CC(C)C1Cc2ccccc2C1. The van der Waals surface area contributed by atoms with Gasteiger partial charge in [-0.05, 0) is 35.8 Å². The standard InChI is InChI=1S/C12H16.2CH4/c1-9(2)12-7-10-5-3-4-6-11(10)8-12;;/h3-6,9,12H,7-8H2,1-2H3;2*1H4. The molecule has 0 aromatic heterocycles. The van der Waals surface area contributed by atoms with E-state index in [0.717, 1.165) is 11.8 Å². The topological polar surface area (TPSA) is 0 Å². The summed E-state index contributed by atoms with van der Waals surface area (Å²) >= 11 is 0. The summed E-state index contributed by atoms with van der Waals surface area (Å²) in [6.45, 7) is 4.66. The van der Waals surface area contributed by atoms with Crippen LogP contribution in [0.25, 0.3) is 0 Å². The van der Waals surface area contributed by atoms with E-state index in [0.29, 0.717) is 0 Å². The van der Waals surface area contributed by atoms with Crippen molar-refractivity contribution in [3.8, 4) is 0 Å². The van der Waals surface area contributed by atoms with Gasteiger partial charge in [0.05, 0.1) is 0 Å². The summed E-state index contributed by atoms with van der Waals surface area (Å²) in [5, 5.41) is 0. The van der Waals surface area contributed by atoms with E-state index < -0.39 is 0 Å². The number of rotatable bonds is 1. The molecule has 0 spiro atoms. The molecule has 0 nitrogen and oxygen atoms in total. The summed E-state index contributed by atoms with van der Waals surface area (Å²) in [7, 11) is 0. The molecule has 0 radical (unpaired) electrons. The zero-order chi connectivity index (χ0) is 8.55. The Labute approximate surface area is 89.4 Å². The maximum atomic E-state index is 2.33. The molecule has 0 atom stereocenters. The van der Waals surface area contributed by atoms with Crippen molar-refractivity contribution in [3.05, 3.63) is 35.4 Å². The molecule has 0 N–H and O–H groups in total. The summed E-state index contributed by atoms with van der Waals surface area (Å²) in [5.74, 6) is 1.72. The molecule has 1 aliphatic carbocycles. The van der Waals surface area contributed by atoms with Gasteiger partial charge in [-0.15, -0.1) is 0 Å². The van der Waals surface area contributed by atoms with Crippen LogP contribution in [0.5, 0.6) is 0 Å². The summed E-state index contributed by atoms with van der Waals surface area (Å²) in [6.07, 6.45) is 2.60. The van der Waals surface area contributed by atoms with Gasteiger partial charge in [0.15, 0.2) is 0 Å². The van der Waals surface area contributed by atoms with E-state index in [9.17, 15) is 0 Å². The van der Waals surface area contributed by atoms with Gasteiger partial charge in [-0.25, -0.2) is 0 Å². The van der Waals surface area contributed by atoms with Crippen LogP contribution in [0, 0.1) is 11.8 Å². The van der Waals surface area contributed by atoms with E-state index in [1.165, 1.54) is 12.8 Å². The minimum Gasteiger partial charge on any atom is -0.0776 e. The fourth-order valence-corrected chi connectivity index (χ4v) is 2.06. The molecule has 1 aliphatic rings. The second-order valence-electron chi connectivity index (χ2n) is 4.18. The predicted molar refractivity (Wildman–Crippen MR) is 65.6 cm³/mol. The molecule has 0 unspecified atom stereocenters. The van der Waals surface area contributed by atoms with E-state index in [-0.39, 0.29) is 14.9 Å². The lowest BCUT2D eigenvalue weighted by molar-refractivity contribution is 0.404. The van der Waals surface area contributed by atoms with Crippen LogP contribution in [0.2, 0.25) is 0 Å². The molecular formula is C14H24. The molecule has 0 saturated heterocycles. The van der Waals surface area contributed by atoms with Crippen molar-refractivity contribution in [3.63, 3.8) is 0 Å². The first-order valence-corrected chi connectivity index (χ1v) is 4.84. The molecule has 2 rings (SSSR count). The Hall–Kier alpha value is -0.780. The highest BCUT2D eigenvalue weighted by Crippen LogP contribution is 2.30. The average molecular weight is 192 g/mol. The van der Waals surface area contributed by atoms with Crippen molar-refractivity contribution < 1.29 is 0 Å². The molecule has 0 amide bonds. The third-order valence-corrected chi connectivity index (χ3v) is 3.03. The van der Waals surface area contributed by atoms with Crippen LogP contribution >= 0.6 is 0 Å². The van der Waals surface area contributed by atoms with E-state index >= 15 is 0 Å². The molecule has 80 valence electrons. The van der Waals surface area contributed by atoms with Crippen LogP contribution < -0.4 is 0 Å². The Bertz CT molecular complexity index is 248. The Morgan fingerprint density at radius 3 is 1.79 bits per heavy atom. The summed E-state index contributed by atoms with van der Waals surface area (Å²) in [4.78, 5) is 0. The Kier molecular flexibility index (Phi) is 4.90. The van der Waals surface area contributed by atoms with Crippen LogP contribution in [0.15, 0.2) is 24.3 Å². The molecule has 14 heavy (non-hydrogen) atoms. The molecule has 0 heteroatoms. The largest absolute Gasteiger partial charge is 0.0776 e. The van der Waals surface area contributed by atoms with Gasteiger partial charge in [-0.3, -0.25) is 0 Å². The van der Waals surface area contributed by atoms with Gasteiger partial charge in [0, 0.05) is 0 Å². The van der Waals surface area contributed by atoms with Crippen LogP contribution in [-0.2, 0) is 12.8 Å². The zero-order valence-corrected chi connectivity index (χ0v) is 7.88. The van der Waals surface area contributed by atoms with Gasteiger partial charge < -0.3 is 0 Å². The van der Waals surface area contributed by atoms with Gasteiger partial charge in [0.2, 0.25) is 0 Å². The molecule has 1 aromatic rings. The predicted octanol–water partition coefficient (Wildman–Crippen LogP) is 4.33. The molecule has 0 saturated carbocycles. The van der Waals surface area contributed by atoms with E-state index in [1.807, 2.05) is 0 Å². The number of hydrogen-bond donors (Lipinski definition) is 0. The van der Waals surface area contributed by atoms with Crippen LogP contribution in [-0.4, -0.2) is 0 Å². The Morgan fingerprint density at radius 1 is 1.00 bits per heavy atom. The third kappa shape index (κ3) is 2.37. The van der Waals surface area contributed by atoms with Crippen molar-refractivity contribution >= 4 is 0 Å². The van der Waals surface area contributed by atoms with Crippen molar-refractivity contribution in [2.75, 3.05) is 0 Å². The van der Waals surface area contributed by atoms with Gasteiger partial charge in [-0.2, -0.15) is 0 Å². The van der Waals surface area contributed by atoms with Gasteiger partial charge in [0.1, 0.15) is 0 Å². The minimum absolute atomic E-state index is 0. The minimum atomic E-state index is 0. The highest BCUT2D eigenvalue weighted by atomic mass is 14.3. The van der Waals surface area contributed by atoms with Crippen molar-refractivity contribution in [2.24, 2.45) is 11.8 Å². The monoisotopic (exact) mass is 192 g/mol. The second-order valence-corrected chi connectivity index (χ2v) is 4.18. The van der Waals surface area contributed by atoms with Crippen molar-refractivity contribution in [2.45, 2.75) is 41.5 Å². The summed E-state index contributed by atoms with van der Waals surface area (Å²) in [6, 6.07) is 8.86. The van der Waals surface area contributed by atoms with Crippen LogP contribution in [0.4, 0.5) is 0 Å². The molecule has 0 fully saturated rings. The molecule has 0 aliphatic heterocycles. The van der Waals surface area contributed by atoms with E-state index in [1.54, 1.807) is 11.1 Å². The van der Waals surface area contributed by atoms with Crippen LogP contribution in [0.1, 0.15) is 39.8 Å². The lowest BCUT2D eigenvalue weighted by Crippen LogP contribution is -2.07. The van der Waals surface area contributed by atoms with E-state index in [4.69, 9.17) is 0 Å². The summed E-state index contributed by atoms with van der Waals surface area (Å²) < 4.78 is 0. The number of fused-ring (bicyclic) bond motifs is 1. The smallest absolute Gasteiger partial charge is 0.0242 e. The first-order chi connectivity index (χ1) is 5.77.